The van der Waals surface area contributed by atoms with E-state index in [4.69, 9.17) is 9.47 Å². The summed E-state index contributed by atoms with van der Waals surface area (Å²) in [6.45, 7) is 5.98. The Morgan fingerprint density at radius 3 is 2.31 bits per heavy atom. The monoisotopic (exact) mass is 503 g/mol. The van der Waals surface area contributed by atoms with Gasteiger partial charge in [0.1, 0.15) is 5.75 Å². The molecule has 0 unspecified atom stereocenters. The van der Waals surface area contributed by atoms with Crippen LogP contribution < -0.4 is 15.0 Å². The maximum atomic E-state index is 13.0. The lowest BCUT2D eigenvalue weighted by atomic mass is 10.1. The van der Waals surface area contributed by atoms with Gasteiger partial charge in [0, 0.05) is 38.7 Å². The number of hydrogen-bond donors (Lipinski definition) is 1. The second kappa shape index (κ2) is 10.5. The maximum Gasteiger partial charge on any atom is 0.338 e. The number of amides is 2. The minimum Gasteiger partial charge on any atom is -0.496 e. The molecule has 0 aromatic heterocycles. The highest BCUT2D eigenvalue weighted by Gasteiger charge is 2.23. The first-order chi connectivity index (χ1) is 15.3. The normalized spacial score (nSPS) is 13.5. The molecule has 9 heteroatoms. The van der Waals surface area contributed by atoms with Gasteiger partial charge in [0.05, 0.1) is 35.1 Å². The van der Waals surface area contributed by atoms with E-state index in [1.54, 1.807) is 62.3 Å². The third-order valence-corrected chi connectivity index (χ3v) is 5.86. The molecule has 1 saturated heterocycles. The molecule has 2 amide bonds. The third-order valence-electron chi connectivity index (χ3n) is 5.24. The lowest BCUT2D eigenvalue weighted by Gasteiger charge is -2.36. The number of carbonyl (C=O) groups excluding carboxylic acids is 3. The van der Waals surface area contributed by atoms with Gasteiger partial charge in [0.25, 0.3) is 5.91 Å². The fourth-order valence-electron chi connectivity index (χ4n) is 3.52. The Morgan fingerprint density at radius 2 is 1.72 bits per heavy atom. The molecule has 3 rings (SSSR count). The Bertz CT molecular complexity index is 1020. The fraction of sp³-hybridized carbons (Fsp3) is 0.348. The molecule has 1 heterocycles. The second-order valence-corrected chi connectivity index (χ2v) is 8.10. The Labute approximate surface area is 195 Å². The molecule has 1 fully saturated rings. The van der Waals surface area contributed by atoms with Crippen molar-refractivity contribution in [2.24, 2.45) is 0 Å². The molecule has 32 heavy (non-hydrogen) atoms. The van der Waals surface area contributed by atoms with Crippen LogP contribution in [0.15, 0.2) is 40.9 Å². The van der Waals surface area contributed by atoms with E-state index in [1.165, 1.54) is 0 Å². The van der Waals surface area contributed by atoms with Crippen LogP contribution >= 0.6 is 15.9 Å². The van der Waals surface area contributed by atoms with Crippen LogP contribution in [-0.2, 0) is 9.53 Å². The average Bonchev–Trinajstić information content (AvgIpc) is 2.79. The smallest absolute Gasteiger partial charge is 0.338 e. The van der Waals surface area contributed by atoms with Crippen LogP contribution in [0.3, 0.4) is 0 Å². The van der Waals surface area contributed by atoms with Crippen LogP contribution in [0.2, 0.25) is 0 Å². The van der Waals surface area contributed by atoms with Crippen LogP contribution in [0.1, 0.15) is 34.6 Å². The van der Waals surface area contributed by atoms with Crippen molar-refractivity contribution >= 4 is 45.1 Å². The van der Waals surface area contributed by atoms with Crippen molar-refractivity contribution in [3.63, 3.8) is 0 Å². The largest absolute Gasteiger partial charge is 0.496 e. The standard InChI is InChI=1S/C23H26BrN3O5/c1-4-32-23(30)17-5-7-20(27-11-9-26(10-12-27)15(2)28)19(14-17)25-22(29)16-6-8-21(31-3)18(24)13-16/h5-8,13-14H,4,9-12H2,1-3H3,(H,25,29). The summed E-state index contributed by atoms with van der Waals surface area (Å²) in [6, 6.07) is 10.2. The van der Waals surface area contributed by atoms with Gasteiger partial charge in [-0.3, -0.25) is 9.59 Å². The number of methoxy groups -OCH3 is 1. The van der Waals surface area contributed by atoms with Gasteiger partial charge in [-0.1, -0.05) is 0 Å². The number of hydrogen-bond acceptors (Lipinski definition) is 6. The van der Waals surface area contributed by atoms with Gasteiger partial charge < -0.3 is 24.6 Å². The Morgan fingerprint density at radius 1 is 1.03 bits per heavy atom. The molecule has 0 radical (unpaired) electrons. The first kappa shape index (κ1) is 23.6. The molecule has 0 bridgehead atoms. The molecule has 1 aliphatic heterocycles. The summed E-state index contributed by atoms with van der Waals surface area (Å²) < 4.78 is 11.0. The number of carbonyl (C=O) groups is 3. The molecule has 1 aliphatic rings. The highest BCUT2D eigenvalue weighted by atomic mass is 79.9. The minimum absolute atomic E-state index is 0.0425. The first-order valence-electron chi connectivity index (χ1n) is 10.3. The third kappa shape index (κ3) is 5.40. The highest BCUT2D eigenvalue weighted by Crippen LogP contribution is 2.30. The topological polar surface area (TPSA) is 88.2 Å². The number of esters is 1. The van der Waals surface area contributed by atoms with Crippen molar-refractivity contribution in [1.82, 2.24) is 4.90 Å². The Kier molecular flexibility index (Phi) is 7.74. The van der Waals surface area contributed by atoms with Gasteiger partial charge in [0.15, 0.2) is 0 Å². The number of piperazine rings is 1. The first-order valence-corrected chi connectivity index (χ1v) is 11.1. The second-order valence-electron chi connectivity index (χ2n) is 7.25. The van der Waals surface area contributed by atoms with Crippen molar-refractivity contribution in [3.8, 4) is 5.75 Å². The lowest BCUT2D eigenvalue weighted by Crippen LogP contribution is -2.48. The zero-order chi connectivity index (χ0) is 23.3. The maximum absolute atomic E-state index is 13.0. The van der Waals surface area contributed by atoms with Gasteiger partial charge in [-0.05, 0) is 59.3 Å². The molecule has 1 N–H and O–H groups in total. The van der Waals surface area contributed by atoms with E-state index in [0.717, 1.165) is 5.69 Å². The molecule has 2 aromatic carbocycles. The average molecular weight is 504 g/mol. The molecular formula is C23H26BrN3O5. The number of ether oxygens (including phenoxy) is 2. The van der Waals surface area contributed by atoms with Gasteiger partial charge in [-0.15, -0.1) is 0 Å². The molecule has 0 aliphatic carbocycles. The van der Waals surface area contributed by atoms with Crippen LogP contribution in [0.4, 0.5) is 11.4 Å². The predicted octanol–water partition coefficient (Wildman–Crippen LogP) is 3.56. The number of halogens is 1. The molecule has 8 nitrogen and oxygen atoms in total. The zero-order valence-electron chi connectivity index (χ0n) is 18.3. The van der Waals surface area contributed by atoms with Crippen molar-refractivity contribution in [2.45, 2.75) is 13.8 Å². The van der Waals surface area contributed by atoms with E-state index >= 15 is 0 Å². The van der Waals surface area contributed by atoms with E-state index in [9.17, 15) is 14.4 Å². The predicted molar refractivity (Wildman–Crippen MR) is 126 cm³/mol. The van der Waals surface area contributed by atoms with Crippen molar-refractivity contribution in [3.05, 3.63) is 52.0 Å². The van der Waals surface area contributed by atoms with Crippen LogP contribution in [0, 0.1) is 0 Å². The number of benzene rings is 2. The van der Waals surface area contributed by atoms with E-state index in [2.05, 4.69) is 26.1 Å². The van der Waals surface area contributed by atoms with Gasteiger partial charge >= 0.3 is 5.97 Å². The molecular weight excluding hydrogens is 478 g/mol. The summed E-state index contributed by atoms with van der Waals surface area (Å²) in [6.07, 6.45) is 0. The summed E-state index contributed by atoms with van der Waals surface area (Å²) in [5.41, 5.74) is 2.07. The molecule has 0 spiro atoms. The summed E-state index contributed by atoms with van der Waals surface area (Å²) >= 11 is 3.40. The number of nitrogens with one attached hydrogen (secondary N) is 1. The van der Waals surface area contributed by atoms with E-state index in [1.807, 2.05) is 0 Å². The molecule has 2 aromatic rings. The van der Waals surface area contributed by atoms with E-state index in [-0.39, 0.29) is 18.4 Å². The highest BCUT2D eigenvalue weighted by molar-refractivity contribution is 9.10. The Hall–Kier alpha value is -3.07. The summed E-state index contributed by atoms with van der Waals surface area (Å²) in [5.74, 6) is -0.114. The summed E-state index contributed by atoms with van der Waals surface area (Å²) in [4.78, 5) is 40.8. The van der Waals surface area contributed by atoms with Crippen molar-refractivity contribution in [2.75, 3.05) is 50.1 Å². The SMILES string of the molecule is CCOC(=O)c1ccc(N2CCN(C(C)=O)CC2)c(NC(=O)c2ccc(OC)c(Br)c2)c1. The molecule has 0 atom stereocenters. The van der Waals surface area contributed by atoms with Crippen LogP contribution in [0.25, 0.3) is 0 Å². The zero-order valence-corrected chi connectivity index (χ0v) is 19.9. The van der Waals surface area contributed by atoms with Crippen molar-refractivity contribution in [1.29, 1.82) is 0 Å². The molecule has 0 saturated carbocycles. The number of nitrogens with zero attached hydrogens (tertiary/aromatic N) is 2. The fourth-order valence-corrected chi connectivity index (χ4v) is 4.06. The quantitative estimate of drug-likeness (QED) is 0.606. The van der Waals surface area contributed by atoms with E-state index < -0.39 is 5.97 Å². The van der Waals surface area contributed by atoms with Crippen molar-refractivity contribution < 1.29 is 23.9 Å². The lowest BCUT2D eigenvalue weighted by molar-refractivity contribution is -0.129. The minimum atomic E-state index is -0.455. The van der Waals surface area contributed by atoms with E-state index in [0.29, 0.717) is 53.2 Å². The van der Waals surface area contributed by atoms with Gasteiger partial charge in [-0.25, -0.2) is 4.79 Å². The van der Waals surface area contributed by atoms with Gasteiger partial charge in [0.2, 0.25) is 5.91 Å². The van der Waals surface area contributed by atoms with Crippen LogP contribution in [-0.4, -0.2) is 62.6 Å². The van der Waals surface area contributed by atoms with Gasteiger partial charge in [-0.2, -0.15) is 0 Å². The molecule has 170 valence electrons. The van der Waals surface area contributed by atoms with Crippen LogP contribution in [0.5, 0.6) is 5.75 Å². The number of anilines is 2. The Balaban J connectivity index is 1.89. The number of rotatable bonds is 6. The summed E-state index contributed by atoms with van der Waals surface area (Å²) in [5, 5.41) is 2.93. The summed E-state index contributed by atoms with van der Waals surface area (Å²) in [7, 11) is 1.55.